The molecule has 112 valence electrons. The van der Waals surface area contributed by atoms with Gasteiger partial charge >= 0.3 is 0 Å². The predicted octanol–water partition coefficient (Wildman–Crippen LogP) is 4.37. The highest BCUT2D eigenvalue weighted by atomic mass is 35.5. The van der Waals surface area contributed by atoms with E-state index >= 15 is 0 Å². The van der Waals surface area contributed by atoms with Gasteiger partial charge in [0, 0.05) is 18.2 Å². The Morgan fingerprint density at radius 1 is 1.00 bits per heavy atom. The van der Waals surface area contributed by atoms with E-state index in [1.807, 2.05) is 55.5 Å². The summed E-state index contributed by atoms with van der Waals surface area (Å²) in [6, 6.07) is 15.7. The van der Waals surface area contributed by atoms with Crippen LogP contribution in [0.25, 0.3) is 0 Å². The van der Waals surface area contributed by atoms with Gasteiger partial charge in [0.05, 0.1) is 12.3 Å². The molecule has 0 bridgehead atoms. The van der Waals surface area contributed by atoms with Gasteiger partial charge in [-0.2, -0.15) is 0 Å². The summed E-state index contributed by atoms with van der Waals surface area (Å²) in [7, 11) is 0. The monoisotopic (exact) mass is 305 g/mol. The van der Waals surface area contributed by atoms with Crippen molar-refractivity contribution < 1.29 is 9.47 Å². The molecule has 2 aromatic carbocycles. The van der Waals surface area contributed by atoms with Crippen molar-refractivity contribution in [3.8, 4) is 5.75 Å². The van der Waals surface area contributed by atoms with E-state index in [9.17, 15) is 0 Å². The summed E-state index contributed by atoms with van der Waals surface area (Å²) in [5.41, 5.74) is 2.01. The first-order chi connectivity index (χ1) is 10.3. The Labute approximate surface area is 130 Å². The third kappa shape index (κ3) is 4.96. The Morgan fingerprint density at radius 3 is 2.57 bits per heavy atom. The van der Waals surface area contributed by atoms with Crippen molar-refractivity contribution in [2.24, 2.45) is 0 Å². The van der Waals surface area contributed by atoms with E-state index in [4.69, 9.17) is 21.1 Å². The van der Waals surface area contributed by atoms with Crippen LogP contribution in [0.1, 0.15) is 12.5 Å². The molecule has 0 aliphatic rings. The fraction of sp³-hybridized carbons (Fsp3) is 0.294. The maximum absolute atomic E-state index is 6.16. The molecule has 4 heteroatoms. The highest BCUT2D eigenvalue weighted by Gasteiger charge is 2.04. The molecule has 0 aromatic heterocycles. The second kappa shape index (κ2) is 8.55. The summed E-state index contributed by atoms with van der Waals surface area (Å²) in [4.78, 5) is 0. The molecule has 0 spiro atoms. The lowest BCUT2D eigenvalue weighted by Gasteiger charge is -2.13. The minimum atomic E-state index is 0.540. The number of nitrogens with one attached hydrogen (secondary N) is 1. The Balaban J connectivity index is 1.95. The Morgan fingerprint density at radius 2 is 1.76 bits per heavy atom. The third-order valence-corrected chi connectivity index (χ3v) is 3.37. The molecule has 0 aliphatic heterocycles. The minimum absolute atomic E-state index is 0.540. The highest BCUT2D eigenvalue weighted by Crippen LogP contribution is 2.25. The van der Waals surface area contributed by atoms with Gasteiger partial charge in [-0.1, -0.05) is 41.9 Å². The van der Waals surface area contributed by atoms with Crippen molar-refractivity contribution in [2.75, 3.05) is 25.1 Å². The standard InChI is InChI=1S/C17H20ClNO2/c1-2-20-11-12-21-17-10-6-5-9-16(17)19-13-14-7-3-4-8-15(14)18/h3-10,19H,2,11-13H2,1H3. The van der Waals surface area contributed by atoms with Crippen molar-refractivity contribution in [3.63, 3.8) is 0 Å². The van der Waals surface area contributed by atoms with Crippen molar-refractivity contribution in [2.45, 2.75) is 13.5 Å². The zero-order valence-electron chi connectivity index (χ0n) is 12.1. The van der Waals surface area contributed by atoms with Crippen molar-refractivity contribution in [1.82, 2.24) is 0 Å². The maximum atomic E-state index is 6.16. The third-order valence-electron chi connectivity index (χ3n) is 3.00. The van der Waals surface area contributed by atoms with Crippen LogP contribution in [0.15, 0.2) is 48.5 Å². The number of anilines is 1. The average molecular weight is 306 g/mol. The molecular weight excluding hydrogens is 286 g/mol. The normalized spacial score (nSPS) is 10.4. The SMILES string of the molecule is CCOCCOc1ccccc1NCc1ccccc1Cl. The first kappa shape index (κ1) is 15.7. The van der Waals surface area contributed by atoms with E-state index in [1.165, 1.54) is 0 Å². The van der Waals surface area contributed by atoms with Gasteiger partial charge in [-0.3, -0.25) is 0 Å². The van der Waals surface area contributed by atoms with Gasteiger partial charge in [-0.25, -0.2) is 0 Å². The van der Waals surface area contributed by atoms with Crippen LogP contribution in [0, 0.1) is 0 Å². The van der Waals surface area contributed by atoms with Crippen LogP contribution >= 0.6 is 11.6 Å². The lowest BCUT2D eigenvalue weighted by molar-refractivity contribution is 0.110. The molecule has 0 atom stereocenters. The molecule has 0 aliphatic carbocycles. The van der Waals surface area contributed by atoms with Gasteiger partial charge in [0.15, 0.2) is 0 Å². The van der Waals surface area contributed by atoms with Crippen LogP contribution in [0.5, 0.6) is 5.75 Å². The zero-order valence-corrected chi connectivity index (χ0v) is 12.9. The zero-order chi connectivity index (χ0) is 14.9. The fourth-order valence-corrected chi connectivity index (χ4v) is 2.13. The number of benzene rings is 2. The van der Waals surface area contributed by atoms with Crippen LogP contribution in [0.4, 0.5) is 5.69 Å². The van der Waals surface area contributed by atoms with Crippen LogP contribution in [0.3, 0.4) is 0 Å². The lowest BCUT2D eigenvalue weighted by atomic mass is 10.2. The first-order valence-corrected chi connectivity index (χ1v) is 7.46. The van der Waals surface area contributed by atoms with E-state index < -0.39 is 0 Å². The largest absolute Gasteiger partial charge is 0.489 e. The number of para-hydroxylation sites is 2. The van der Waals surface area contributed by atoms with Crippen LogP contribution in [-0.2, 0) is 11.3 Å². The molecule has 0 saturated carbocycles. The van der Waals surface area contributed by atoms with Crippen molar-refractivity contribution in [1.29, 1.82) is 0 Å². The molecule has 0 unspecified atom stereocenters. The predicted molar refractivity (Wildman–Crippen MR) is 87.2 cm³/mol. The molecule has 2 rings (SSSR count). The molecule has 0 amide bonds. The second-order valence-corrected chi connectivity index (χ2v) is 4.89. The maximum Gasteiger partial charge on any atom is 0.142 e. The Hall–Kier alpha value is -1.71. The quantitative estimate of drug-likeness (QED) is 0.735. The van der Waals surface area contributed by atoms with Crippen molar-refractivity contribution >= 4 is 17.3 Å². The van der Waals surface area contributed by atoms with Crippen molar-refractivity contribution in [3.05, 3.63) is 59.1 Å². The molecule has 21 heavy (non-hydrogen) atoms. The summed E-state index contributed by atoms with van der Waals surface area (Å²) in [6.45, 7) is 4.47. The highest BCUT2D eigenvalue weighted by molar-refractivity contribution is 6.31. The average Bonchev–Trinajstić information content (AvgIpc) is 2.52. The Kier molecular flexibility index (Phi) is 6.38. The molecule has 0 fully saturated rings. The second-order valence-electron chi connectivity index (χ2n) is 4.49. The molecule has 0 saturated heterocycles. The van der Waals surface area contributed by atoms with E-state index in [-0.39, 0.29) is 0 Å². The van der Waals surface area contributed by atoms with Crippen LogP contribution in [-0.4, -0.2) is 19.8 Å². The van der Waals surface area contributed by atoms with Gasteiger partial charge in [-0.15, -0.1) is 0 Å². The molecule has 0 heterocycles. The molecular formula is C17H20ClNO2. The summed E-state index contributed by atoms with van der Waals surface area (Å²) in [6.07, 6.45) is 0. The molecule has 0 radical (unpaired) electrons. The number of ether oxygens (including phenoxy) is 2. The smallest absolute Gasteiger partial charge is 0.142 e. The van der Waals surface area contributed by atoms with Gasteiger partial charge in [-0.05, 0) is 30.7 Å². The van der Waals surface area contributed by atoms with Gasteiger partial charge in [0.2, 0.25) is 0 Å². The number of rotatable bonds is 8. The number of halogens is 1. The fourth-order valence-electron chi connectivity index (χ4n) is 1.93. The Bertz CT molecular complexity index is 560. The van der Waals surface area contributed by atoms with Gasteiger partial charge < -0.3 is 14.8 Å². The van der Waals surface area contributed by atoms with Crippen LogP contribution in [0.2, 0.25) is 5.02 Å². The number of hydrogen-bond acceptors (Lipinski definition) is 3. The summed E-state index contributed by atoms with van der Waals surface area (Å²) in [5, 5.41) is 4.12. The minimum Gasteiger partial charge on any atom is -0.489 e. The van der Waals surface area contributed by atoms with Gasteiger partial charge in [0.25, 0.3) is 0 Å². The molecule has 1 N–H and O–H groups in total. The van der Waals surface area contributed by atoms with E-state index in [0.29, 0.717) is 26.4 Å². The summed E-state index contributed by atoms with van der Waals surface area (Å²) in [5.74, 6) is 0.823. The van der Waals surface area contributed by atoms with E-state index in [2.05, 4.69) is 5.32 Å². The van der Waals surface area contributed by atoms with Crippen LogP contribution < -0.4 is 10.1 Å². The topological polar surface area (TPSA) is 30.5 Å². The summed E-state index contributed by atoms with van der Waals surface area (Å²) < 4.78 is 11.0. The lowest BCUT2D eigenvalue weighted by Crippen LogP contribution is -2.08. The molecule has 2 aromatic rings. The van der Waals surface area contributed by atoms with Gasteiger partial charge in [0.1, 0.15) is 12.4 Å². The number of hydrogen-bond donors (Lipinski definition) is 1. The molecule has 3 nitrogen and oxygen atoms in total. The summed E-state index contributed by atoms with van der Waals surface area (Å²) >= 11 is 6.16. The van der Waals surface area contributed by atoms with E-state index in [0.717, 1.165) is 22.0 Å². The van der Waals surface area contributed by atoms with E-state index in [1.54, 1.807) is 0 Å². The first-order valence-electron chi connectivity index (χ1n) is 7.08.